The Hall–Kier alpha value is -1.23. The first-order chi connectivity index (χ1) is 9.31. The van der Waals surface area contributed by atoms with Gasteiger partial charge in [-0.15, -0.1) is 11.3 Å². The molecule has 3 nitrogen and oxygen atoms in total. The van der Waals surface area contributed by atoms with Crippen molar-refractivity contribution in [3.05, 3.63) is 52.0 Å². The topological polar surface area (TPSA) is 50.9 Å². The predicted molar refractivity (Wildman–Crippen MR) is 81.1 cm³/mol. The fourth-order valence-corrected chi connectivity index (χ4v) is 3.13. The number of nitrogens with zero attached hydrogens (tertiary/aromatic N) is 1. The van der Waals surface area contributed by atoms with Crippen LogP contribution in [0.15, 0.2) is 36.7 Å². The molecule has 2 rings (SSSR count). The van der Waals surface area contributed by atoms with Gasteiger partial charge in [0.2, 0.25) is 0 Å². The van der Waals surface area contributed by atoms with Gasteiger partial charge < -0.3 is 0 Å². The lowest BCUT2D eigenvalue weighted by atomic mass is 10.0. The van der Waals surface area contributed by atoms with E-state index in [4.69, 9.17) is 5.84 Å². The van der Waals surface area contributed by atoms with Gasteiger partial charge in [0.1, 0.15) is 0 Å². The third-order valence-electron chi connectivity index (χ3n) is 3.25. The van der Waals surface area contributed by atoms with Crippen LogP contribution in [0.2, 0.25) is 0 Å². The van der Waals surface area contributed by atoms with E-state index in [9.17, 15) is 0 Å². The molecular weight excluding hydrogens is 254 g/mol. The third kappa shape index (κ3) is 4.42. The Morgan fingerprint density at radius 2 is 2.16 bits per heavy atom. The van der Waals surface area contributed by atoms with Crippen molar-refractivity contribution in [2.45, 2.75) is 38.6 Å². The summed E-state index contributed by atoms with van der Waals surface area (Å²) in [6.07, 6.45) is 7.88. The number of thiophene rings is 1. The van der Waals surface area contributed by atoms with E-state index in [0.717, 1.165) is 25.7 Å². The number of aromatic nitrogens is 1. The van der Waals surface area contributed by atoms with Gasteiger partial charge in [-0.3, -0.25) is 16.3 Å². The summed E-state index contributed by atoms with van der Waals surface area (Å²) in [5, 5.41) is 0. The minimum absolute atomic E-state index is 0.323. The highest BCUT2D eigenvalue weighted by molar-refractivity contribution is 7.11. The van der Waals surface area contributed by atoms with Crippen molar-refractivity contribution in [2.24, 2.45) is 5.84 Å². The normalized spacial score (nSPS) is 12.5. The highest BCUT2D eigenvalue weighted by Crippen LogP contribution is 2.19. The number of hydrogen-bond donors (Lipinski definition) is 2. The molecule has 2 aromatic rings. The van der Waals surface area contributed by atoms with Gasteiger partial charge in [0.15, 0.2) is 0 Å². The first kappa shape index (κ1) is 14.2. The Kier molecular flexibility index (Phi) is 5.51. The van der Waals surface area contributed by atoms with Gasteiger partial charge >= 0.3 is 0 Å². The van der Waals surface area contributed by atoms with Crippen molar-refractivity contribution < 1.29 is 0 Å². The highest BCUT2D eigenvalue weighted by Gasteiger charge is 2.09. The zero-order chi connectivity index (χ0) is 13.5. The summed E-state index contributed by atoms with van der Waals surface area (Å²) < 4.78 is 0. The predicted octanol–water partition coefficient (Wildman–Crippen LogP) is 2.71. The maximum atomic E-state index is 5.66. The minimum Gasteiger partial charge on any atom is -0.271 e. The molecule has 0 amide bonds. The lowest BCUT2D eigenvalue weighted by Crippen LogP contribution is -2.36. The second-order valence-corrected chi connectivity index (χ2v) is 5.94. The molecule has 2 aromatic heterocycles. The Labute approximate surface area is 118 Å². The lowest BCUT2D eigenvalue weighted by Gasteiger charge is -2.14. The minimum atomic E-state index is 0.323. The molecule has 0 aromatic carbocycles. The van der Waals surface area contributed by atoms with Crippen LogP contribution in [0.1, 0.15) is 28.7 Å². The summed E-state index contributed by atoms with van der Waals surface area (Å²) in [5.41, 5.74) is 4.20. The molecule has 1 atom stereocenters. The van der Waals surface area contributed by atoms with Gasteiger partial charge in [0.25, 0.3) is 0 Å². The van der Waals surface area contributed by atoms with E-state index in [2.05, 4.69) is 35.5 Å². The Morgan fingerprint density at radius 3 is 2.79 bits per heavy atom. The van der Waals surface area contributed by atoms with Crippen LogP contribution in [0.3, 0.4) is 0 Å². The van der Waals surface area contributed by atoms with Crippen LogP contribution in [-0.4, -0.2) is 11.0 Å². The summed E-state index contributed by atoms with van der Waals surface area (Å²) >= 11 is 1.89. The van der Waals surface area contributed by atoms with Gasteiger partial charge in [-0.1, -0.05) is 13.0 Å². The van der Waals surface area contributed by atoms with E-state index in [1.54, 1.807) is 6.20 Å². The number of rotatable bonds is 7. The van der Waals surface area contributed by atoms with Crippen LogP contribution >= 0.6 is 11.3 Å². The molecule has 4 heteroatoms. The van der Waals surface area contributed by atoms with Gasteiger partial charge in [-0.05, 0) is 49.4 Å². The number of aryl methyl sites for hydroxylation is 2. The van der Waals surface area contributed by atoms with Crippen LogP contribution in [0, 0.1) is 0 Å². The monoisotopic (exact) mass is 275 g/mol. The molecule has 2 heterocycles. The maximum Gasteiger partial charge on any atom is 0.0299 e. The summed E-state index contributed by atoms with van der Waals surface area (Å²) in [5.74, 6) is 5.66. The number of nitrogens with two attached hydrogens (primary N) is 1. The molecule has 19 heavy (non-hydrogen) atoms. The maximum absolute atomic E-state index is 5.66. The average Bonchev–Trinajstić information content (AvgIpc) is 2.92. The average molecular weight is 275 g/mol. The molecule has 0 aliphatic rings. The molecule has 0 saturated carbocycles. The van der Waals surface area contributed by atoms with Gasteiger partial charge in [0.05, 0.1) is 0 Å². The van der Waals surface area contributed by atoms with Crippen LogP contribution in [-0.2, 0) is 19.3 Å². The fraction of sp³-hybridized carbons (Fsp3) is 0.400. The van der Waals surface area contributed by atoms with Crippen LogP contribution in [0.25, 0.3) is 0 Å². The first-order valence-electron chi connectivity index (χ1n) is 6.74. The molecule has 0 saturated heterocycles. The van der Waals surface area contributed by atoms with Crippen molar-refractivity contribution in [2.75, 3.05) is 0 Å². The second-order valence-electron chi connectivity index (χ2n) is 4.69. The highest BCUT2D eigenvalue weighted by atomic mass is 32.1. The number of hydrazine groups is 1. The smallest absolute Gasteiger partial charge is 0.0299 e. The molecule has 0 spiro atoms. The lowest BCUT2D eigenvalue weighted by molar-refractivity contribution is 0.494. The van der Waals surface area contributed by atoms with Gasteiger partial charge in [-0.2, -0.15) is 0 Å². The zero-order valence-electron chi connectivity index (χ0n) is 11.3. The molecule has 0 fully saturated rings. The molecule has 3 N–H and O–H groups in total. The molecular formula is C15H21N3S. The van der Waals surface area contributed by atoms with E-state index in [0.29, 0.717) is 6.04 Å². The largest absolute Gasteiger partial charge is 0.271 e. The first-order valence-corrected chi connectivity index (χ1v) is 7.56. The molecule has 0 bridgehead atoms. The third-order valence-corrected chi connectivity index (χ3v) is 4.51. The van der Waals surface area contributed by atoms with E-state index in [1.165, 1.54) is 15.3 Å². The zero-order valence-corrected chi connectivity index (χ0v) is 12.1. The number of hydrogen-bond acceptors (Lipinski definition) is 4. The van der Waals surface area contributed by atoms with E-state index >= 15 is 0 Å². The van der Waals surface area contributed by atoms with Crippen molar-refractivity contribution in [1.29, 1.82) is 0 Å². The Balaban J connectivity index is 1.86. The molecule has 1 unspecified atom stereocenters. The Bertz CT molecular complexity index is 481. The second kappa shape index (κ2) is 7.38. The quantitative estimate of drug-likeness (QED) is 0.603. The van der Waals surface area contributed by atoms with Crippen molar-refractivity contribution in [3.63, 3.8) is 0 Å². The molecule has 102 valence electrons. The van der Waals surface area contributed by atoms with E-state index in [1.807, 2.05) is 23.6 Å². The van der Waals surface area contributed by atoms with E-state index in [-0.39, 0.29) is 0 Å². The number of nitrogens with one attached hydrogen (secondary N) is 1. The SMILES string of the molecule is CCc1ccc(CC(CCc2cccnc2)NN)s1. The fourth-order valence-electron chi connectivity index (χ4n) is 2.10. The van der Waals surface area contributed by atoms with Gasteiger partial charge in [0, 0.05) is 28.2 Å². The molecule has 0 aliphatic heterocycles. The van der Waals surface area contributed by atoms with Crippen LogP contribution in [0.4, 0.5) is 0 Å². The summed E-state index contributed by atoms with van der Waals surface area (Å²) in [7, 11) is 0. The van der Waals surface area contributed by atoms with Crippen molar-refractivity contribution in [1.82, 2.24) is 10.4 Å². The molecule has 0 aliphatic carbocycles. The summed E-state index contributed by atoms with van der Waals surface area (Å²) in [6, 6.07) is 8.85. The number of pyridine rings is 1. The van der Waals surface area contributed by atoms with Gasteiger partial charge in [-0.25, -0.2) is 0 Å². The van der Waals surface area contributed by atoms with Crippen LogP contribution in [0.5, 0.6) is 0 Å². The summed E-state index contributed by atoms with van der Waals surface area (Å²) in [4.78, 5) is 6.99. The molecule has 0 radical (unpaired) electrons. The standard InChI is InChI=1S/C15H21N3S/c1-2-14-7-8-15(19-14)10-13(18-16)6-5-12-4-3-9-17-11-12/h3-4,7-9,11,13,18H,2,5-6,10,16H2,1H3. The van der Waals surface area contributed by atoms with Crippen LogP contribution < -0.4 is 11.3 Å². The Morgan fingerprint density at radius 1 is 1.32 bits per heavy atom. The van der Waals surface area contributed by atoms with E-state index < -0.39 is 0 Å². The van der Waals surface area contributed by atoms with Crippen molar-refractivity contribution in [3.8, 4) is 0 Å². The summed E-state index contributed by atoms with van der Waals surface area (Å²) in [6.45, 7) is 2.19. The van der Waals surface area contributed by atoms with Crippen molar-refractivity contribution >= 4 is 11.3 Å².